The first kappa shape index (κ1) is 17.9. The Bertz CT molecular complexity index is 957. The standard InChI is InChI=1S/C22H21N5O/c28-22-13-9-20(10-14-22)26-24-18-5-3-17(4-6-18)23-25-19-7-11-21(12-8-19)27-15-1-2-16-27/h3-14,28H,1-2,15-16H2/b25-23+,26-24?. The van der Waals surface area contributed by atoms with Crippen LogP contribution in [-0.4, -0.2) is 18.2 Å². The third-order valence-corrected chi connectivity index (χ3v) is 4.58. The van der Waals surface area contributed by atoms with Crippen molar-refractivity contribution in [2.24, 2.45) is 20.5 Å². The highest BCUT2D eigenvalue weighted by Crippen LogP contribution is 2.26. The van der Waals surface area contributed by atoms with Crippen LogP contribution in [0.1, 0.15) is 12.8 Å². The molecule has 0 atom stereocenters. The van der Waals surface area contributed by atoms with Gasteiger partial charge in [0.2, 0.25) is 0 Å². The number of benzene rings is 3. The van der Waals surface area contributed by atoms with Gasteiger partial charge in [-0.05, 0) is 85.6 Å². The van der Waals surface area contributed by atoms with Crippen LogP contribution < -0.4 is 4.90 Å². The van der Waals surface area contributed by atoms with Crippen LogP contribution in [0.5, 0.6) is 5.75 Å². The van der Waals surface area contributed by atoms with Crippen molar-refractivity contribution < 1.29 is 5.11 Å². The molecule has 1 heterocycles. The molecule has 0 saturated carbocycles. The highest BCUT2D eigenvalue weighted by atomic mass is 16.3. The van der Waals surface area contributed by atoms with Gasteiger partial charge in [-0.15, -0.1) is 0 Å². The summed E-state index contributed by atoms with van der Waals surface area (Å²) in [5.74, 6) is 0.208. The van der Waals surface area contributed by atoms with E-state index in [1.54, 1.807) is 24.3 Å². The van der Waals surface area contributed by atoms with E-state index >= 15 is 0 Å². The summed E-state index contributed by atoms with van der Waals surface area (Å²) in [6, 6.07) is 22.2. The molecule has 4 rings (SSSR count). The van der Waals surface area contributed by atoms with Gasteiger partial charge >= 0.3 is 0 Å². The molecule has 1 N–H and O–H groups in total. The Kier molecular flexibility index (Phi) is 5.38. The Balaban J connectivity index is 1.37. The minimum atomic E-state index is 0.208. The second-order valence-electron chi connectivity index (χ2n) is 6.64. The maximum absolute atomic E-state index is 9.27. The Morgan fingerprint density at radius 2 is 0.893 bits per heavy atom. The van der Waals surface area contributed by atoms with Crippen molar-refractivity contribution in [2.75, 3.05) is 18.0 Å². The third kappa shape index (κ3) is 4.59. The fraction of sp³-hybridized carbons (Fsp3) is 0.182. The molecular formula is C22H21N5O. The number of hydrogen-bond acceptors (Lipinski definition) is 6. The highest BCUT2D eigenvalue weighted by molar-refractivity contribution is 5.54. The molecule has 0 spiro atoms. The largest absolute Gasteiger partial charge is 0.508 e. The fourth-order valence-corrected chi connectivity index (χ4v) is 3.04. The first-order valence-electron chi connectivity index (χ1n) is 9.34. The molecule has 0 amide bonds. The van der Waals surface area contributed by atoms with Crippen molar-refractivity contribution in [3.63, 3.8) is 0 Å². The molecule has 3 aromatic carbocycles. The second-order valence-corrected chi connectivity index (χ2v) is 6.64. The minimum absolute atomic E-state index is 0.208. The summed E-state index contributed by atoms with van der Waals surface area (Å²) in [7, 11) is 0. The van der Waals surface area contributed by atoms with Gasteiger partial charge in [0.1, 0.15) is 5.75 Å². The van der Waals surface area contributed by atoms with Gasteiger partial charge in [0, 0.05) is 18.8 Å². The molecule has 6 nitrogen and oxygen atoms in total. The average molecular weight is 371 g/mol. The van der Waals surface area contributed by atoms with E-state index in [2.05, 4.69) is 37.5 Å². The lowest BCUT2D eigenvalue weighted by atomic mass is 10.2. The van der Waals surface area contributed by atoms with Crippen molar-refractivity contribution in [1.29, 1.82) is 0 Å². The van der Waals surface area contributed by atoms with E-state index in [0.717, 1.165) is 30.2 Å². The Hall–Kier alpha value is -3.54. The molecule has 0 aromatic heterocycles. The molecule has 0 aliphatic carbocycles. The summed E-state index contributed by atoms with van der Waals surface area (Å²) in [6.07, 6.45) is 2.54. The maximum Gasteiger partial charge on any atom is 0.115 e. The van der Waals surface area contributed by atoms with Gasteiger partial charge in [0.25, 0.3) is 0 Å². The monoisotopic (exact) mass is 371 g/mol. The zero-order chi connectivity index (χ0) is 19.2. The number of phenolic OH excluding ortho intramolecular Hbond substituents is 1. The van der Waals surface area contributed by atoms with Gasteiger partial charge in [-0.25, -0.2) is 0 Å². The number of aromatic hydroxyl groups is 1. The zero-order valence-electron chi connectivity index (χ0n) is 15.4. The number of nitrogens with zero attached hydrogens (tertiary/aromatic N) is 5. The lowest BCUT2D eigenvalue weighted by Gasteiger charge is -2.17. The van der Waals surface area contributed by atoms with Gasteiger partial charge in [0.05, 0.1) is 22.7 Å². The van der Waals surface area contributed by atoms with Crippen molar-refractivity contribution in [1.82, 2.24) is 0 Å². The molecule has 1 aliphatic rings. The molecule has 0 bridgehead atoms. The first-order valence-corrected chi connectivity index (χ1v) is 9.34. The Morgan fingerprint density at radius 3 is 1.32 bits per heavy atom. The van der Waals surface area contributed by atoms with Gasteiger partial charge < -0.3 is 10.0 Å². The average Bonchev–Trinajstić information content (AvgIpc) is 3.28. The smallest absolute Gasteiger partial charge is 0.115 e. The molecule has 140 valence electrons. The maximum atomic E-state index is 9.27. The van der Waals surface area contributed by atoms with Crippen molar-refractivity contribution >= 4 is 28.4 Å². The van der Waals surface area contributed by atoms with E-state index in [1.165, 1.54) is 18.5 Å². The van der Waals surface area contributed by atoms with Crippen molar-refractivity contribution in [3.05, 3.63) is 72.8 Å². The summed E-state index contributed by atoms with van der Waals surface area (Å²) in [5, 5.41) is 26.2. The SMILES string of the molecule is Oc1ccc(N=Nc2ccc(/N=N/c3ccc(N4CCCC4)cc3)cc2)cc1. The number of azo groups is 2. The minimum Gasteiger partial charge on any atom is -0.508 e. The van der Waals surface area contributed by atoms with Crippen molar-refractivity contribution in [3.8, 4) is 5.75 Å². The quantitative estimate of drug-likeness (QED) is 0.500. The van der Waals surface area contributed by atoms with Crippen LogP contribution in [-0.2, 0) is 0 Å². The highest BCUT2D eigenvalue weighted by Gasteiger charge is 2.11. The summed E-state index contributed by atoms with van der Waals surface area (Å²) in [5.41, 5.74) is 4.24. The van der Waals surface area contributed by atoms with Gasteiger partial charge in [0.15, 0.2) is 0 Å². The summed E-state index contributed by atoms with van der Waals surface area (Å²) in [4.78, 5) is 2.40. The molecule has 0 unspecified atom stereocenters. The van der Waals surface area contributed by atoms with Crippen LogP contribution in [0, 0.1) is 0 Å². The van der Waals surface area contributed by atoms with Crippen LogP contribution in [0.4, 0.5) is 28.4 Å². The van der Waals surface area contributed by atoms with Gasteiger partial charge in [-0.1, -0.05) is 0 Å². The van der Waals surface area contributed by atoms with Crippen LogP contribution >= 0.6 is 0 Å². The van der Waals surface area contributed by atoms with Crippen LogP contribution in [0.2, 0.25) is 0 Å². The van der Waals surface area contributed by atoms with E-state index in [1.807, 2.05) is 36.4 Å². The number of rotatable bonds is 5. The lowest BCUT2D eigenvalue weighted by molar-refractivity contribution is 0.475. The lowest BCUT2D eigenvalue weighted by Crippen LogP contribution is -2.17. The molecule has 1 aliphatic heterocycles. The van der Waals surface area contributed by atoms with E-state index in [9.17, 15) is 5.11 Å². The fourth-order valence-electron chi connectivity index (χ4n) is 3.04. The predicted octanol–water partition coefficient (Wildman–Crippen LogP) is 6.82. The Labute approximate surface area is 163 Å². The molecule has 6 heteroatoms. The number of hydrogen-bond donors (Lipinski definition) is 1. The van der Waals surface area contributed by atoms with E-state index < -0.39 is 0 Å². The van der Waals surface area contributed by atoms with E-state index in [0.29, 0.717) is 5.69 Å². The molecule has 1 fully saturated rings. The van der Waals surface area contributed by atoms with E-state index in [-0.39, 0.29) is 5.75 Å². The predicted molar refractivity (Wildman–Crippen MR) is 111 cm³/mol. The molecule has 3 aromatic rings. The van der Waals surface area contributed by atoms with Crippen LogP contribution in [0.15, 0.2) is 93.3 Å². The Morgan fingerprint density at radius 1 is 0.536 bits per heavy atom. The third-order valence-electron chi connectivity index (χ3n) is 4.58. The van der Waals surface area contributed by atoms with E-state index in [4.69, 9.17) is 0 Å². The van der Waals surface area contributed by atoms with Crippen LogP contribution in [0.3, 0.4) is 0 Å². The number of phenols is 1. The van der Waals surface area contributed by atoms with Crippen LogP contribution in [0.25, 0.3) is 0 Å². The molecule has 28 heavy (non-hydrogen) atoms. The summed E-state index contributed by atoms with van der Waals surface area (Å²) >= 11 is 0. The topological polar surface area (TPSA) is 72.9 Å². The molecule has 0 radical (unpaired) electrons. The molecule has 1 saturated heterocycles. The number of anilines is 1. The first-order chi connectivity index (χ1) is 13.8. The summed E-state index contributed by atoms with van der Waals surface area (Å²) in [6.45, 7) is 2.27. The second kappa shape index (κ2) is 8.43. The van der Waals surface area contributed by atoms with Gasteiger partial charge in [-0.2, -0.15) is 20.5 Å². The molecular weight excluding hydrogens is 350 g/mol. The summed E-state index contributed by atoms with van der Waals surface area (Å²) < 4.78 is 0. The normalized spacial score (nSPS) is 14.4. The zero-order valence-corrected chi connectivity index (χ0v) is 15.4. The van der Waals surface area contributed by atoms with Crippen molar-refractivity contribution in [2.45, 2.75) is 12.8 Å². The van der Waals surface area contributed by atoms with Gasteiger partial charge in [-0.3, -0.25) is 0 Å².